The number of fused-ring (bicyclic) bond motifs is 2. The molecule has 0 spiro atoms. The van der Waals surface area contributed by atoms with Crippen molar-refractivity contribution in [2.45, 2.75) is 45.6 Å². The van der Waals surface area contributed by atoms with Gasteiger partial charge in [0.15, 0.2) is 17.2 Å². The molecule has 0 aliphatic heterocycles. The number of benzene rings is 2. The summed E-state index contributed by atoms with van der Waals surface area (Å²) in [6.45, 7) is 1.54. The molecule has 1 unspecified atom stereocenters. The Morgan fingerprint density at radius 1 is 1.06 bits per heavy atom. The summed E-state index contributed by atoms with van der Waals surface area (Å²) in [6, 6.07) is 15.7. The van der Waals surface area contributed by atoms with E-state index in [1.54, 1.807) is 29.7 Å². The van der Waals surface area contributed by atoms with Crippen LogP contribution in [0.3, 0.4) is 0 Å². The highest BCUT2D eigenvalue weighted by atomic mass is 19.1. The number of hydrogen-bond acceptors (Lipinski definition) is 3. The van der Waals surface area contributed by atoms with Gasteiger partial charge in [-0.15, -0.1) is 0 Å². The number of Topliss-reactive ketones (excluding diaryl/α,β-unsaturated/α-hetero) is 1. The first-order valence-electron chi connectivity index (χ1n) is 11.6. The zero-order valence-electron chi connectivity index (χ0n) is 19.1. The highest BCUT2D eigenvalue weighted by molar-refractivity contribution is 5.96. The number of carbonyl (C=O) groups is 1. The molecule has 0 bridgehead atoms. The third-order valence-electron chi connectivity index (χ3n) is 6.71. The number of ketones is 1. The predicted molar refractivity (Wildman–Crippen MR) is 126 cm³/mol. The topological polar surface area (TPSA) is 43.6 Å². The summed E-state index contributed by atoms with van der Waals surface area (Å²) >= 11 is 0. The Morgan fingerprint density at radius 2 is 1.82 bits per heavy atom. The van der Waals surface area contributed by atoms with Gasteiger partial charge in [-0.05, 0) is 73.9 Å². The Balaban J connectivity index is 1.31. The molecule has 4 aromatic rings. The number of imidazole rings is 1. The normalized spacial score (nSPS) is 15.3. The van der Waals surface area contributed by atoms with Gasteiger partial charge in [0.05, 0.1) is 11.3 Å². The smallest absolute Gasteiger partial charge is 0.181 e. The van der Waals surface area contributed by atoms with Crippen LogP contribution in [-0.2, 0) is 19.4 Å². The van der Waals surface area contributed by atoms with Gasteiger partial charge in [0.2, 0.25) is 0 Å². The number of aromatic nitrogens is 2. The molecule has 0 N–H and O–H groups in total. The second-order valence-electron chi connectivity index (χ2n) is 8.94. The Morgan fingerprint density at radius 3 is 2.62 bits per heavy atom. The van der Waals surface area contributed by atoms with Gasteiger partial charge in [0.25, 0.3) is 0 Å². The van der Waals surface area contributed by atoms with Crippen molar-refractivity contribution in [3.05, 3.63) is 101 Å². The van der Waals surface area contributed by atoms with Crippen LogP contribution in [0.25, 0.3) is 5.65 Å². The minimum atomic E-state index is -0.660. The molecule has 4 nitrogen and oxygen atoms in total. The van der Waals surface area contributed by atoms with Crippen LogP contribution in [-0.4, -0.2) is 15.2 Å². The summed E-state index contributed by atoms with van der Waals surface area (Å²) in [7, 11) is 0. The maximum absolute atomic E-state index is 14.0. The summed E-state index contributed by atoms with van der Waals surface area (Å²) in [6.07, 6.45) is 6.24. The molecule has 0 radical (unpaired) electrons. The van der Waals surface area contributed by atoms with Crippen molar-refractivity contribution in [1.29, 1.82) is 0 Å². The van der Waals surface area contributed by atoms with Crippen molar-refractivity contribution in [1.82, 2.24) is 9.38 Å². The van der Waals surface area contributed by atoms with Crippen molar-refractivity contribution in [3.63, 3.8) is 0 Å². The highest BCUT2D eigenvalue weighted by Crippen LogP contribution is 2.30. The van der Waals surface area contributed by atoms with Gasteiger partial charge in [-0.2, -0.15) is 0 Å². The molecule has 2 heterocycles. The van der Waals surface area contributed by atoms with E-state index in [0.717, 1.165) is 25.7 Å². The van der Waals surface area contributed by atoms with Gasteiger partial charge < -0.3 is 4.74 Å². The quantitative estimate of drug-likeness (QED) is 0.306. The van der Waals surface area contributed by atoms with E-state index in [9.17, 15) is 13.6 Å². The number of hydrogen-bond donors (Lipinski definition) is 0. The van der Waals surface area contributed by atoms with Crippen molar-refractivity contribution in [2.24, 2.45) is 5.92 Å². The van der Waals surface area contributed by atoms with Gasteiger partial charge in [-0.1, -0.05) is 30.3 Å². The van der Waals surface area contributed by atoms with E-state index in [-0.39, 0.29) is 18.0 Å². The Hall–Kier alpha value is -3.54. The molecule has 1 atom stereocenters. The molecule has 0 fully saturated rings. The Labute approximate surface area is 197 Å². The van der Waals surface area contributed by atoms with Crippen LogP contribution in [0.1, 0.15) is 52.1 Å². The lowest BCUT2D eigenvalue weighted by molar-refractivity contribution is 0.0966. The van der Waals surface area contributed by atoms with E-state index < -0.39 is 11.6 Å². The summed E-state index contributed by atoms with van der Waals surface area (Å²) in [5.74, 6) is -0.411. The largest absolute Gasteiger partial charge is 0.485 e. The monoisotopic (exact) mass is 460 g/mol. The maximum atomic E-state index is 14.0. The number of ether oxygens (including phenoxy) is 1. The van der Waals surface area contributed by atoms with Gasteiger partial charge in [0.1, 0.15) is 23.9 Å². The third-order valence-corrected chi connectivity index (χ3v) is 6.71. The van der Waals surface area contributed by atoms with E-state index in [1.165, 1.54) is 29.3 Å². The minimum absolute atomic E-state index is 0.0427. The molecule has 1 aliphatic rings. The Bertz CT molecular complexity index is 1340. The maximum Gasteiger partial charge on any atom is 0.181 e. The first-order chi connectivity index (χ1) is 16.5. The van der Waals surface area contributed by atoms with Crippen LogP contribution >= 0.6 is 0 Å². The lowest BCUT2D eigenvalue weighted by Crippen LogP contribution is -2.16. The Kier molecular flexibility index (Phi) is 6.14. The first-order valence-corrected chi connectivity index (χ1v) is 11.6. The molecule has 5 rings (SSSR count). The van der Waals surface area contributed by atoms with Crippen molar-refractivity contribution < 1.29 is 18.3 Å². The zero-order chi connectivity index (χ0) is 23.7. The van der Waals surface area contributed by atoms with E-state index in [4.69, 9.17) is 4.74 Å². The summed E-state index contributed by atoms with van der Waals surface area (Å²) in [4.78, 5) is 17.8. The molecular weight excluding hydrogens is 434 g/mol. The van der Waals surface area contributed by atoms with Gasteiger partial charge in [-0.25, -0.2) is 13.8 Å². The molecular formula is C28H26F2N2O2. The number of pyridine rings is 1. The number of halogens is 2. The van der Waals surface area contributed by atoms with Gasteiger partial charge in [0, 0.05) is 12.6 Å². The molecule has 2 aromatic heterocycles. The number of rotatable bonds is 7. The van der Waals surface area contributed by atoms with E-state index in [2.05, 4.69) is 29.2 Å². The average Bonchev–Trinajstić information content (AvgIpc) is 3.18. The lowest BCUT2D eigenvalue weighted by atomic mass is 9.81. The molecule has 174 valence electrons. The molecule has 0 saturated carbocycles. The first kappa shape index (κ1) is 22.3. The third kappa shape index (κ3) is 4.32. The fourth-order valence-corrected chi connectivity index (χ4v) is 4.90. The molecule has 2 aromatic carbocycles. The summed E-state index contributed by atoms with van der Waals surface area (Å²) in [5, 5.41) is 0. The van der Waals surface area contributed by atoms with Crippen LogP contribution in [0.4, 0.5) is 8.78 Å². The van der Waals surface area contributed by atoms with Crippen molar-refractivity contribution >= 4 is 11.4 Å². The van der Waals surface area contributed by atoms with Gasteiger partial charge in [-0.3, -0.25) is 9.20 Å². The number of aryl methyl sites for hydroxylation is 2. The number of nitrogens with zero attached hydrogens (tertiary/aromatic N) is 2. The molecule has 0 amide bonds. The minimum Gasteiger partial charge on any atom is -0.485 e. The fourth-order valence-electron chi connectivity index (χ4n) is 4.90. The molecule has 6 heteroatoms. The average molecular weight is 461 g/mol. The van der Waals surface area contributed by atoms with Crippen LogP contribution in [0.2, 0.25) is 0 Å². The van der Waals surface area contributed by atoms with E-state index >= 15 is 0 Å². The zero-order valence-corrected chi connectivity index (χ0v) is 19.1. The van der Waals surface area contributed by atoms with Crippen LogP contribution < -0.4 is 4.74 Å². The molecule has 34 heavy (non-hydrogen) atoms. The van der Waals surface area contributed by atoms with Crippen molar-refractivity contribution in [2.75, 3.05) is 0 Å². The van der Waals surface area contributed by atoms with E-state index in [1.807, 2.05) is 0 Å². The molecule has 1 aliphatic carbocycles. The van der Waals surface area contributed by atoms with Crippen LogP contribution in [0.5, 0.6) is 5.75 Å². The second kappa shape index (κ2) is 9.37. The van der Waals surface area contributed by atoms with Gasteiger partial charge >= 0.3 is 0 Å². The second-order valence-corrected chi connectivity index (χ2v) is 8.94. The fraction of sp³-hybridized carbons (Fsp3) is 0.286. The molecule has 0 saturated heterocycles. The number of carbonyl (C=O) groups excluding carboxylic acids is 1. The standard InChI is InChI=1S/C28H26F2N2O2/c1-18-27(25(33)14-12-19-11-13-20-6-2-3-7-21(20)16-19)32-15-5-10-26(28(32)31-18)34-17-22-23(29)8-4-9-24(22)30/h2-10,15,19H,11-14,16-17H2,1H3. The summed E-state index contributed by atoms with van der Waals surface area (Å²) < 4.78 is 35.4. The lowest BCUT2D eigenvalue weighted by Gasteiger charge is -2.24. The SMILES string of the molecule is Cc1nc2c(OCc3c(F)cccc3F)cccn2c1C(=O)CCC1CCc2ccccc2C1. The summed E-state index contributed by atoms with van der Waals surface area (Å²) in [5.41, 5.74) is 4.29. The van der Waals surface area contributed by atoms with Crippen LogP contribution in [0, 0.1) is 24.5 Å². The highest BCUT2D eigenvalue weighted by Gasteiger charge is 2.23. The van der Waals surface area contributed by atoms with Crippen LogP contribution in [0.15, 0.2) is 60.8 Å². The van der Waals surface area contributed by atoms with Crippen molar-refractivity contribution in [3.8, 4) is 5.75 Å². The van der Waals surface area contributed by atoms with E-state index in [0.29, 0.717) is 35.1 Å². The predicted octanol–water partition coefficient (Wildman–Crippen LogP) is 6.27.